The minimum atomic E-state index is -0.893. The molecule has 4 nitrogen and oxygen atoms in total. The van der Waals surface area contributed by atoms with Crippen LogP contribution in [0.1, 0.15) is 43.0 Å². The lowest BCUT2D eigenvalue weighted by molar-refractivity contribution is -0.151. The van der Waals surface area contributed by atoms with Gasteiger partial charge in [-0.05, 0) is 49.8 Å². The summed E-state index contributed by atoms with van der Waals surface area (Å²) in [6.45, 7) is 2.20. The SMILES string of the molecule is CC1CCC(CNC(=O)c2cccc(F)c2)(C(=O)O)CC1. The van der Waals surface area contributed by atoms with E-state index >= 15 is 0 Å². The fourth-order valence-electron chi connectivity index (χ4n) is 2.76. The van der Waals surface area contributed by atoms with Crippen LogP contribution in [0, 0.1) is 17.2 Å². The van der Waals surface area contributed by atoms with Crippen molar-refractivity contribution < 1.29 is 19.1 Å². The highest BCUT2D eigenvalue weighted by molar-refractivity contribution is 5.94. The second kappa shape index (κ2) is 6.24. The largest absolute Gasteiger partial charge is 0.481 e. The normalized spacial score (nSPS) is 25.3. The Balaban J connectivity index is 2.02. The molecule has 0 atom stereocenters. The van der Waals surface area contributed by atoms with Crippen molar-refractivity contribution in [3.8, 4) is 0 Å². The highest BCUT2D eigenvalue weighted by atomic mass is 19.1. The molecule has 2 rings (SSSR count). The highest BCUT2D eigenvalue weighted by Gasteiger charge is 2.41. The quantitative estimate of drug-likeness (QED) is 0.897. The Bertz CT molecular complexity index is 536. The van der Waals surface area contributed by atoms with Gasteiger partial charge in [0.15, 0.2) is 0 Å². The lowest BCUT2D eigenvalue weighted by Gasteiger charge is -2.35. The van der Waals surface area contributed by atoms with Gasteiger partial charge in [-0.25, -0.2) is 4.39 Å². The van der Waals surface area contributed by atoms with Gasteiger partial charge in [-0.1, -0.05) is 13.0 Å². The van der Waals surface area contributed by atoms with Crippen LogP contribution in [0.25, 0.3) is 0 Å². The fraction of sp³-hybridized carbons (Fsp3) is 0.500. The van der Waals surface area contributed by atoms with Crippen LogP contribution in [-0.4, -0.2) is 23.5 Å². The van der Waals surface area contributed by atoms with Gasteiger partial charge < -0.3 is 10.4 Å². The molecule has 2 N–H and O–H groups in total. The monoisotopic (exact) mass is 293 g/mol. The first kappa shape index (κ1) is 15.5. The van der Waals surface area contributed by atoms with Crippen LogP contribution in [0.5, 0.6) is 0 Å². The first-order valence-electron chi connectivity index (χ1n) is 7.20. The summed E-state index contributed by atoms with van der Waals surface area (Å²) in [6, 6.07) is 5.37. The van der Waals surface area contributed by atoms with E-state index in [-0.39, 0.29) is 12.1 Å². The van der Waals surface area contributed by atoms with Crippen molar-refractivity contribution in [2.45, 2.75) is 32.6 Å². The van der Waals surface area contributed by atoms with E-state index in [2.05, 4.69) is 12.2 Å². The molecule has 5 heteroatoms. The first-order chi connectivity index (χ1) is 9.93. The number of amides is 1. The minimum absolute atomic E-state index is 0.0877. The number of benzene rings is 1. The summed E-state index contributed by atoms with van der Waals surface area (Å²) < 4.78 is 13.1. The van der Waals surface area contributed by atoms with Gasteiger partial charge >= 0.3 is 5.97 Å². The van der Waals surface area contributed by atoms with Gasteiger partial charge in [0, 0.05) is 12.1 Å². The topological polar surface area (TPSA) is 66.4 Å². The molecule has 21 heavy (non-hydrogen) atoms. The number of hydrogen-bond acceptors (Lipinski definition) is 2. The van der Waals surface area contributed by atoms with Crippen LogP contribution >= 0.6 is 0 Å². The molecule has 0 heterocycles. The van der Waals surface area contributed by atoms with Crippen molar-refractivity contribution in [3.63, 3.8) is 0 Å². The molecule has 0 saturated heterocycles. The molecular formula is C16H20FNO3. The third-order valence-corrected chi connectivity index (χ3v) is 4.36. The zero-order chi connectivity index (χ0) is 15.5. The van der Waals surface area contributed by atoms with Crippen molar-refractivity contribution in [1.29, 1.82) is 0 Å². The second-order valence-electron chi connectivity index (χ2n) is 5.96. The summed E-state index contributed by atoms with van der Waals surface area (Å²) in [5, 5.41) is 12.1. The maximum absolute atomic E-state index is 13.1. The predicted molar refractivity (Wildman–Crippen MR) is 76.4 cm³/mol. The number of carboxylic acid groups (broad SMARTS) is 1. The Hall–Kier alpha value is -1.91. The van der Waals surface area contributed by atoms with Gasteiger partial charge in [0.1, 0.15) is 5.82 Å². The molecular weight excluding hydrogens is 273 g/mol. The van der Waals surface area contributed by atoms with Crippen LogP contribution in [0.2, 0.25) is 0 Å². The molecule has 1 fully saturated rings. The maximum atomic E-state index is 13.1. The van der Waals surface area contributed by atoms with Gasteiger partial charge in [0.2, 0.25) is 0 Å². The van der Waals surface area contributed by atoms with Gasteiger partial charge in [0.25, 0.3) is 5.91 Å². The molecule has 1 amide bonds. The number of nitrogens with one attached hydrogen (secondary N) is 1. The Morgan fingerprint density at radius 1 is 1.38 bits per heavy atom. The lowest BCUT2D eigenvalue weighted by Crippen LogP contribution is -2.45. The van der Waals surface area contributed by atoms with Crippen molar-refractivity contribution in [2.75, 3.05) is 6.54 Å². The summed E-state index contributed by atoms with van der Waals surface area (Å²) in [7, 11) is 0. The smallest absolute Gasteiger partial charge is 0.311 e. The summed E-state index contributed by atoms with van der Waals surface area (Å²) in [5.74, 6) is -1.26. The third kappa shape index (κ3) is 3.60. The number of carbonyl (C=O) groups is 2. The van der Waals surface area contributed by atoms with Crippen molar-refractivity contribution in [3.05, 3.63) is 35.6 Å². The molecule has 1 aliphatic carbocycles. The van der Waals surface area contributed by atoms with Gasteiger partial charge in [-0.3, -0.25) is 9.59 Å². The van der Waals surface area contributed by atoms with Crippen LogP contribution in [0.15, 0.2) is 24.3 Å². The van der Waals surface area contributed by atoms with E-state index in [9.17, 15) is 19.1 Å². The van der Waals surface area contributed by atoms with Crippen molar-refractivity contribution in [1.82, 2.24) is 5.32 Å². The number of carbonyl (C=O) groups excluding carboxylic acids is 1. The summed E-state index contributed by atoms with van der Waals surface area (Å²) in [6.07, 6.45) is 2.82. The van der Waals surface area contributed by atoms with E-state index in [1.165, 1.54) is 18.2 Å². The number of carboxylic acids is 1. The third-order valence-electron chi connectivity index (χ3n) is 4.36. The molecule has 0 bridgehead atoms. The molecule has 0 radical (unpaired) electrons. The minimum Gasteiger partial charge on any atom is -0.481 e. The average Bonchev–Trinajstić information content (AvgIpc) is 2.46. The van der Waals surface area contributed by atoms with E-state index in [4.69, 9.17) is 0 Å². The van der Waals surface area contributed by atoms with Gasteiger partial charge in [-0.15, -0.1) is 0 Å². The molecule has 1 aromatic carbocycles. The van der Waals surface area contributed by atoms with Crippen molar-refractivity contribution >= 4 is 11.9 Å². The first-order valence-corrected chi connectivity index (χ1v) is 7.20. The average molecular weight is 293 g/mol. The Morgan fingerprint density at radius 3 is 2.62 bits per heavy atom. The molecule has 0 unspecified atom stereocenters. The lowest BCUT2D eigenvalue weighted by atomic mass is 9.71. The van der Waals surface area contributed by atoms with Crippen LogP contribution in [-0.2, 0) is 4.79 Å². The zero-order valence-electron chi connectivity index (χ0n) is 12.1. The number of halogens is 1. The van der Waals surface area contributed by atoms with Gasteiger partial charge in [0.05, 0.1) is 5.41 Å². The number of hydrogen-bond donors (Lipinski definition) is 2. The Labute approximate surface area is 123 Å². The van der Waals surface area contributed by atoms with Gasteiger partial charge in [-0.2, -0.15) is 0 Å². The van der Waals surface area contributed by atoms with E-state index in [0.717, 1.165) is 18.9 Å². The fourth-order valence-corrected chi connectivity index (χ4v) is 2.76. The van der Waals surface area contributed by atoms with Crippen molar-refractivity contribution in [2.24, 2.45) is 11.3 Å². The van der Waals surface area contributed by atoms with E-state index in [1.807, 2.05) is 0 Å². The molecule has 1 saturated carbocycles. The second-order valence-corrected chi connectivity index (χ2v) is 5.96. The van der Waals surface area contributed by atoms with Crippen LogP contribution in [0.3, 0.4) is 0 Å². The number of rotatable bonds is 4. The van der Waals surface area contributed by atoms with E-state index in [1.54, 1.807) is 0 Å². The molecule has 0 aromatic heterocycles. The Morgan fingerprint density at radius 2 is 2.05 bits per heavy atom. The van der Waals surface area contributed by atoms with E-state index < -0.39 is 23.1 Å². The van der Waals surface area contributed by atoms with Crippen LogP contribution < -0.4 is 5.32 Å². The standard InChI is InChI=1S/C16H20FNO3/c1-11-5-7-16(8-6-11,15(20)21)10-18-14(19)12-3-2-4-13(17)9-12/h2-4,9,11H,5-8,10H2,1H3,(H,18,19)(H,20,21). The molecule has 1 aromatic rings. The molecule has 1 aliphatic rings. The number of aliphatic carboxylic acids is 1. The summed E-state index contributed by atoms with van der Waals surface area (Å²) in [5.41, 5.74) is -0.685. The molecule has 0 spiro atoms. The van der Waals surface area contributed by atoms with E-state index in [0.29, 0.717) is 18.8 Å². The highest BCUT2D eigenvalue weighted by Crippen LogP contribution is 2.38. The Kier molecular flexibility index (Phi) is 4.60. The predicted octanol–water partition coefficient (Wildman–Crippen LogP) is 2.84. The zero-order valence-corrected chi connectivity index (χ0v) is 12.1. The molecule has 114 valence electrons. The summed E-state index contributed by atoms with van der Waals surface area (Å²) >= 11 is 0. The maximum Gasteiger partial charge on any atom is 0.311 e. The summed E-state index contributed by atoms with van der Waals surface area (Å²) in [4.78, 5) is 23.6. The molecule has 0 aliphatic heterocycles. The van der Waals surface area contributed by atoms with Crippen LogP contribution in [0.4, 0.5) is 4.39 Å².